The quantitative estimate of drug-likeness (QED) is 0.626. The molecule has 0 aliphatic heterocycles. The molecule has 1 aliphatic carbocycles. The molecule has 2 aromatic carbocycles. The van der Waals surface area contributed by atoms with Gasteiger partial charge in [-0.2, -0.15) is 11.3 Å². The van der Waals surface area contributed by atoms with Gasteiger partial charge in [0, 0.05) is 5.39 Å². The van der Waals surface area contributed by atoms with Crippen LogP contribution in [0.25, 0.3) is 10.8 Å². The minimum atomic E-state index is 0.473. The molecule has 1 fully saturated rings. The van der Waals surface area contributed by atoms with E-state index in [1.165, 1.54) is 23.6 Å². The largest absolute Gasteiger partial charge is 0.490 e. The summed E-state index contributed by atoms with van der Waals surface area (Å²) in [7, 11) is 0. The molecule has 0 bridgehead atoms. The van der Waals surface area contributed by atoms with Gasteiger partial charge in [-0.15, -0.1) is 0 Å². The van der Waals surface area contributed by atoms with Gasteiger partial charge in [0.15, 0.2) is 0 Å². The third kappa shape index (κ3) is 3.36. The lowest BCUT2D eigenvalue weighted by Crippen LogP contribution is -1.95. The molecule has 4 rings (SSSR count). The first-order chi connectivity index (χ1) is 9.43. The Hall–Kier alpha value is -1.80. The number of benzene rings is 2. The topological polar surface area (TPSA) is 9.23 Å². The lowest BCUT2D eigenvalue weighted by molar-refractivity contribution is 0.307. The average Bonchev–Trinajstić information content (AvgIpc) is 3.07. The highest BCUT2D eigenvalue weighted by Crippen LogP contribution is 2.31. The minimum absolute atomic E-state index is 0.473. The number of ether oxygens (including phenoxy) is 1. The predicted molar refractivity (Wildman–Crippen MR) is 81.9 cm³/mol. The van der Waals surface area contributed by atoms with Crippen LogP contribution in [0.4, 0.5) is 0 Å². The molecule has 0 unspecified atom stereocenters. The van der Waals surface area contributed by atoms with Gasteiger partial charge < -0.3 is 4.74 Å². The minimum Gasteiger partial charge on any atom is -0.490 e. The molecule has 0 amide bonds. The van der Waals surface area contributed by atoms with Crippen molar-refractivity contribution in [2.75, 3.05) is 0 Å². The molecular weight excluding hydrogens is 252 g/mol. The second-order valence-corrected chi connectivity index (χ2v) is 5.40. The number of thiophene rings is 1. The van der Waals surface area contributed by atoms with Gasteiger partial charge in [0.2, 0.25) is 0 Å². The molecule has 19 heavy (non-hydrogen) atoms. The molecule has 1 saturated carbocycles. The molecule has 0 radical (unpaired) electrons. The zero-order valence-electron chi connectivity index (χ0n) is 10.7. The first-order valence-corrected chi connectivity index (χ1v) is 7.49. The van der Waals surface area contributed by atoms with Gasteiger partial charge in [-0.1, -0.05) is 48.5 Å². The fraction of sp³-hybridized carbons (Fsp3) is 0.176. The van der Waals surface area contributed by atoms with Crippen LogP contribution in [-0.2, 0) is 0 Å². The molecule has 0 spiro atoms. The van der Waals surface area contributed by atoms with Gasteiger partial charge >= 0.3 is 0 Å². The zero-order chi connectivity index (χ0) is 12.9. The Morgan fingerprint density at radius 3 is 2.26 bits per heavy atom. The van der Waals surface area contributed by atoms with Crippen molar-refractivity contribution in [1.82, 2.24) is 0 Å². The highest BCUT2D eigenvalue weighted by Gasteiger charge is 2.23. The summed E-state index contributed by atoms with van der Waals surface area (Å²) in [4.78, 5) is 0. The monoisotopic (exact) mass is 268 g/mol. The summed E-state index contributed by atoms with van der Waals surface area (Å²) in [6.07, 6.45) is 2.90. The molecular formula is C17H16OS. The van der Waals surface area contributed by atoms with E-state index in [9.17, 15) is 0 Å². The second kappa shape index (κ2) is 5.89. The van der Waals surface area contributed by atoms with E-state index in [1.54, 1.807) is 11.3 Å². The molecule has 1 aromatic heterocycles. The van der Waals surface area contributed by atoms with Crippen LogP contribution in [0.3, 0.4) is 0 Å². The Kier molecular flexibility index (Phi) is 3.80. The van der Waals surface area contributed by atoms with E-state index in [0.717, 1.165) is 5.75 Å². The maximum atomic E-state index is 5.84. The first kappa shape index (κ1) is 12.2. The maximum absolute atomic E-state index is 5.84. The standard InChI is InChI=1S/C13H12O.C4H4S/c1-2-6-12-10(4-1)5-3-7-13(12)14-11-8-9-11;1-2-4-5-3-1/h1-7,11H,8-9H2;1-4H. The Labute approximate surface area is 117 Å². The van der Waals surface area contributed by atoms with Gasteiger partial charge in [-0.05, 0) is 35.1 Å². The van der Waals surface area contributed by atoms with Crippen molar-refractivity contribution in [3.8, 4) is 5.75 Å². The van der Waals surface area contributed by atoms with Gasteiger partial charge in [-0.25, -0.2) is 0 Å². The van der Waals surface area contributed by atoms with E-state index < -0.39 is 0 Å². The molecule has 1 heterocycles. The van der Waals surface area contributed by atoms with E-state index in [-0.39, 0.29) is 0 Å². The maximum Gasteiger partial charge on any atom is 0.127 e. The fourth-order valence-electron chi connectivity index (χ4n) is 1.89. The van der Waals surface area contributed by atoms with Crippen molar-refractivity contribution in [2.45, 2.75) is 18.9 Å². The van der Waals surface area contributed by atoms with Crippen LogP contribution in [0, 0.1) is 0 Å². The van der Waals surface area contributed by atoms with Crippen molar-refractivity contribution in [3.05, 3.63) is 65.4 Å². The number of fused-ring (bicyclic) bond motifs is 1. The molecule has 0 saturated heterocycles. The zero-order valence-corrected chi connectivity index (χ0v) is 11.5. The van der Waals surface area contributed by atoms with Crippen LogP contribution < -0.4 is 4.74 Å². The van der Waals surface area contributed by atoms with Gasteiger partial charge in [0.25, 0.3) is 0 Å². The molecule has 2 heteroatoms. The van der Waals surface area contributed by atoms with Crippen molar-refractivity contribution in [2.24, 2.45) is 0 Å². The van der Waals surface area contributed by atoms with Crippen LogP contribution in [0.15, 0.2) is 65.4 Å². The summed E-state index contributed by atoms with van der Waals surface area (Å²) in [6, 6.07) is 18.6. The highest BCUT2D eigenvalue weighted by atomic mass is 32.1. The van der Waals surface area contributed by atoms with E-state index in [2.05, 4.69) is 42.5 Å². The average molecular weight is 268 g/mol. The summed E-state index contributed by atoms with van der Waals surface area (Å²) in [5.41, 5.74) is 0. The number of hydrogen-bond donors (Lipinski definition) is 0. The Morgan fingerprint density at radius 2 is 1.58 bits per heavy atom. The lowest BCUT2D eigenvalue weighted by Gasteiger charge is -2.07. The van der Waals surface area contributed by atoms with Gasteiger partial charge in [-0.3, -0.25) is 0 Å². The molecule has 3 aromatic rings. The third-order valence-corrected chi connectivity index (χ3v) is 3.62. The van der Waals surface area contributed by atoms with Crippen molar-refractivity contribution in [3.63, 3.8) is 0 Å². The Balaban J connectivity index is 0.000000187. The Morgan fingerprint density at radius 1 is 0.842 bits per heavy atom. The second-order valence-electron chi connectivity index (χ2n) is 4.59. The molecule has 0 N–H and O–H groups in total. The van der Waals surface area contributed by atoms with Crippen molar-refractivity contribution >= 4 is 22.1 Å². The molecule has 96 valence electrons. The van der Waals surface area contributed by atoms with Crippen LogP contribution in [-0.4, -0.2) is 6.10 Å². The smallest absolute Gasteiger partial charge is 0.127 e. The van der Waals surface area contributed by atoms with Crippen LogP contribution in [0.1, 0.15) is 12.8 Å². The van der Waals surface area contributed by atoms with Crippen molar-refractivity contribution < 1.29 is 4.74 Å². The number of hydrogen-bond acceptors (Lipinski definition) is 2. The summed E-state index contributed by atoms with van der Waals surface area (Å²) >= 11 is 1.71. The predicted octanol–water partition coefficient (Wildman–Crippen LogP) is 5.13. The summed E-state index contributed by atoms with van der Waals surface area (Å²) in [5, 5.41) is 6.56. The van der Waals surface area contributed by atoms with E-state index in [0.29, 0.717) is 6.10 Å². The van der Waals surface area contributed by atoms with Crippen LogP contribution in [0.2, 0.25) is 0 Å². The molecule has 1 nitrogen and oxygen atoms in total. The molecule has 1 aliphatic rings. The lowest BCUT2D eigenvalue weighted by atomic mass is 10.1. The highest BCUT2D eigenvalue weighted by molar-refractivity contribution is 7.07. The normalized spacial score (nSPS) is 13.7. The number of rotatable bonds is 2. The third-order valence-electron chi connectivity index (χ3n) is 2.99. The molecule has 0 atom stereocenters. The summed E-state index contributed by atoms with van der Waals surface area (Å²) in [6.45, 7) is 0. The van der Waals surface area contributed by atoms with Gasteiger partial charge in [0.1, 0.15) is 5.75 Å². The first-order valence-electron chi connectivity index (χ1n) is 6.55. The van der Waals surface area contributed by atoms with Crippen LogP contribution in [0.5, 0.6) is 5.75 Å². The van der Waals surface area contributed by atoms with Crippen molar-refractivity contribution in [1.29, 1.82) is 0 Å². The Bertz CT molecular complexity index is 604. The van der Waals surface area contributed by atoms with Crippen LogP contribution >= 0.6 is 11.3 Å². The summed E-state index contributed by atoms with van der Waals surface area (Å²) in [5.74, 6) is 1.03. The van der Waals surface area contributed by atoms with E-state index in [1.807, 2.05) is 22.9 Å². The summed E-state index contributed by atoms with van der Waals surface area (Å²) < 4.78 is 5.84. The van der Waals surface area contributed by atoms with E-state index in [4.69, 9.17) is 4.74 Å². The fourth-order valence-corrected chi connectivity index (χ4v) is 2.34. The van der Waals surface area contributed by atoms with Gasteiger partial charge in [0.05, 0.1) is 6.10 Å². The van der Waals surface area contributed by atoms with E-state index >= 15 is 0 Å². The SMILES string of the molecule is c1ccc2c(OC3CC3)cccc2c1.c1ccsc1.